The molecule has 0 aliphatic carbocycles. The van der Waals surface area contributed by atoms with Crippen LogP contribution in [0.1, 0.15) is 138 Å². The number of piperidine rings is 2. The first-order valence-corrected chi connectivity index (χ1v) is 16.5. The van der Waals surface area contributed by atoms with Gasteiger partial charge in [0, 0.05) is 26.1 Å². The summed E-state index contributed by atoms with van der Waals surface area (Å²) in [5.41, 5.74) is 0.495. The zero-order chi connectivity index (χ0) is 30.0. The van der Waals surface area contributed by atoms with E-state index in [2.05, 4.69) is 46.4 Å². The number of carboxylic acid groups (broad SMARTS) is 1. The highest BCUT2D eigenvalue weighted by atomic mass is 16.7. The summed E-state index contributed by atoms with van der Waals surface area (Å²) in [4.78, 5) is 31.6. The summed E-state index contributed by atoms with van der Waals surface area (Å²) in [5.74, 6) is 1.16. The molecule has 2 aliphatic heterocycles. The molecular formula is C33H64N2O5. The first-order valence-electron chi connectivity index (χ1n) is 16.5. The largest absolute Gasteiger partial charge is 0.481 e. The Kier molecular flexibility index (Phi) is 19.0. The molecule has 2 atom stereocenters. The Hall–Kier alpha value is -1.18. The maximum Gasteiger partial charge on any atom is 0.342 e. The molecule has 0 amide bonds. The predicted octanol–water partition coefficient (Wildman–Crippen LogP) is 7.31. The lowest BCUT2D eigenvalue weighted by Gasteiger charge is -2.37. The van der Waals surface area contributed by atoms with Crippen molar-refractivity contribution in [1.82, 2.24) is 9.96 Å². The first-order chi connectivity index (χ1) is 19.0. The lowest BCUT2D eigenvalue weighted by Crippen LogP contribution is -2.48. The minimum atomic E-state index is -0.714. The molecule has 7 nitrogen and oxygen atoms in total. The van der Waals surface area contributed by atoms with Crippen LogP contribution in [0.2, 0.25) is 0 Å². The smallest absolute Gasteiger partial charge is 0.342 e. The van der Waals surface area contributed by atoms with E-state index < -0.39 is 5.97 Å². The van der Waals surface area contributed by atoms with Crippen LogP contribution in [0.25, 0.3) is 0 Å². The molecule has 2 saturated heterocycles. The van der Waals surface area contributed by atoms with Gasteiger partial charge in [0.25, 0.3) is 0 Å². The third-order valence-electron chi connectivity index (χ3n) is 9.18. The van der Waals surface area contributed by atoms with Crippen molar-refractivity contribution < 1.29 is 24.6 Å². The molecular weight excluding hydrogens is 504 g/mol. The second kappa shape index (κ2) is 20.7. The molecule has 0 bridgehead atoms. The van der Waals surface area contributed by atoms with Gasteiger partial charge in [-0.25, -0.2) is 4.79 Å². The Bertz CT molecular complexity index is 670. The highest BCUT2D eigenvalue weighted by Gasteiger charge is 2.31. The summed E-state index contributed by atoms with van der Waals surface area (Å²) < 4.78 is 0. The fourth-order valence-corrected chi connectivity index (χ4v) is 5.40. The number of hydroxylamine groups is 2. The quantitative estimate of drug-likeness (QED) is 0.178. The van der Waals surface area contributed by atoms with E-state index in [1.54, 1.807) is 0 Å². The number of unbranched alkanes of at least 4 members (excludes halogenated alkanes) is 4. The van der Waals surface area contributed by atoms with E-state index in [-0.39, 0.29) is 18.4 Å². The molecule has 236 valence electrons. The Morgan fingerprint density at radius 2 is 1.43 bits per heavy atom. The van der Waals surface area contributed by atoms with E-state index in [0.717, 1.165) is 102 Å². The molecule has 2 unspecified atom stereocenters. The van der Waals surface area contributed by atoms with Gasteiger partial charge >= 0.3 is 11.9 Å². The lowest BCUT2D eigenvalue weighted by molar-refractivity contribution is -0.203. The second-order valence-corrected chi connectivity index (χ2v) is 13.7. The molecule has 40 heavy (non-hydrogen) atoms. The highest BCUT2D eigenvalue weighted by Crippen LogP contribution is 2.27. The molecule has 0 radical (unpaired) electrons. The number of hydrogen-bond acceptors (Lipinski definition) is 6. The number of likely N-dealkylation sites (tertiary alicyclic amines) is 1. The van der Waals surface area contributed by atoms with E-state index >= 15 is 0 Å². The zero-order valence-corrected chi connectivity index (χ0v) is 27.0. The van der Waals surface area contributed by atoms with Crippen LogP contribution in [0.3, 0.4) is 0 Å². The standard InChI is InChI=1S/C22H40N2O4.C11H24O/c1-18-10-14-23(15-11-18)20(8-6-4-3-5-7-9-21(25)26)22(27)28-24-16-12-19(2)13-17-24;1-5-11(3,4)8-6-7-10(2)9-12/h18-20H,3-17H2,1-2H3,(H,25,26);10,12H,5-9H2,1-4H3. The van der Waals surface area contributed by atoms with Gasteiger partial charge in [-0.3, -0.25) is 9.69 Å². The third-order valence-corrected chi connectivity index (χ3v) is 9.18. The number of aliphatic hydroxyl groups is 1. The number of nitrogens with zero attached hydrogens (tertiary/aromatic N) is 2. The minimum absolute atomic E-state index is 0.0741. The Labute approximate surface area is 246 Å². The summed E-state index contributed by atoms with van der Waals surface area (Å²) in [5, 5.41) is 19.4. The van der Waals surface area contributed by atoms with Crippen molar-refractivity contribution in [3.05, 3.63) is 0 Å². The van der Waals surface area contributed by atoms with Crippen LogP contribution >= 0.6 is 0 Å². The van der Waals surface area contributed by atoms with E-state index in [1.807, 2.05) is 5.06 Å². The SMILES string of the molecule is CC1CCN(OC(=O)C(CCCCCCCC(=O)O)N2CCC(C)CC2)CC1.CCC(C)(C)CCCC(C)CO. The van der Waals surface area contributed by atoms with Gasteiger partial charge < -0.3 is 15.1 Å². The molecule has 2 rings (SSSR count). The van der Waals surface area contributed by atoms with Gasteiger partial charge in [-0.15, -0.1) is 5.06 Å². The molecule has 0 aromatic carbocycles. The van der Waals surface area contributed by atoms with E-state index in [0.29, 0.717) is 17.9 Å². The highest BCUT2D eigenvalue weighted by molar-refractivity contribution is 5.75. The van der Waals surface area contributed by atoms with E-state index in [9.17, 15) is 9.59 Å². The third kappa shape index (κ3) is 16.9. The van der Waals surface area contributed by atoms with Crippen molar-refractivity contribution in [3.8, 4) is 0 Å². The fraction of sp³-hybridized carbons (Fsp3) is 0.939. The van der Waals surface area contributed by atoms with Gasteiger partial charge in [-0.05, 0) is 87.6 Å². The normalized spacial score (nSPS) is 19.5. The fourth-order valence-electron chi connectivity index (χ4n) is 5.40. The summed E-state index contributed by atoms with van der Waals surface area (Å²) in [6.07, 6.45) is 15.3. The van der Waals surface area contributed by atoms with E-state index in [4.69, 9.17) is 15.1 Å². The predicted molar refractivity (Wildman–Crippen MR) is 164 cm³/mol. The second-order valence-electron chi connectivity index (χ2n) is 13.7. The van der Waals surface area contributed by atoms with Gasteiger partial charge in [-0.1, -0.05) is 80.1 Å². The van der Waals surface area contributed by atoms with Crippen molar-refractivity contribution in [2.75, 3.05) is 32.8 Å². The molecule has 2 heterocycles. The van der Waals surface area contributed by atoms with Crippen LogP contribution in [-0.2, 0) is 14.4 Å². The average Bonchev–Trinajstić information content (AvgIpc) is 2.92. The molecule has 0 aromatic rings. The van der Waals surface area contributed by atoms with Gasteiger partial charge in [0.2, 0.25) is 0 Å². The van der Waals surface area contributed by atoms with Crippen LogP contribution in [0.4, 0.5) is 0 Å². The number of rotatable bonds is 17. The summed E-state index contributed by atoms with van der Waals surface area (Å²) in [6.45, 7) is 17.5. The van der Waals surface area contributed by atoms with Crippen LogP contribution in [0.15, 0.2) is 0 Å². The molecule has 0 aromatic heterocycles. The van der Waals surface area contributed by atoms with Gasteiger partial charge in [0.1, 0.15) is 6.04 Å². The Morgan fingerprint density at radius 1 is 0.875 bits per heavy atom. The molecule has 0 saturated carbocycles. The van der Waals surface area contributed by atoms with Crippen molar-refractivity contribution in [2.45, 2.75) is 144 Å². The molecule has 0 spiro atoms. The Morgan fingerprint density at radius 3 is 1.98 bits per heavy atom. The monoisotopic (exact) mass is 568 g/mol. The molecule has 2 aliphatic rings. The summed E-state index contributed by atoms with van der Waals surface area (Å²) >= 11 is 0. The van der Waals surface area contributed by atoms with E-state index in [1.165, 1.54) is 25.7 Å². The van der Waals surface area contributed by atoms with Crippen LogP contribution in [0.5, 0.6) is 0 Å². The molecule has 7 heteroatoms. The van der Waals surface area contributed by atoms with Crippen molar-refractivity contribution in [3.63, 3.8) is 0 Å². The van der Waals surface area contributed by atoms with Crippen LogP contribution in [0, 0.1) is 23.2 Å². The Balaban J connectivity index is 0.000000562. The lowest BCUT2D eigenvalue weighted by atomic mass is 9.84. The first kappa shape index (κ1) is 36.8. The van der Waals surface area contributed by atoms with Crippen molar-refractivity contribution in [2.24, 2.45) is 23.2 Å². The number of hydrogen-bond donors (Lipinski definition) is 2. The number of carbonyl (C=O) groups is 2. The summed E-state index contributed by atoms with van der Waals surface area (Å²) in [6, 6.07) is -0.133. The average molecular weight is 569 g/mol. The number of carboxylic acids is 1. The van der Waals surface area contributed by atoms with Gasteiger partial charge in [-0.2, -0.15) is 0 Å². The van der Waals surface area contributed by atoms with Crippen molar-refractivity contribution in [1.29, 1.82) is 0 Å². The van der Waals surface area contributed by atoms with Crippen LogP contribution in [-0.4, -0.2) is 70.9 Å². The molecule has 2 fully saturated rings. The van der Waals surface area contributed by atoms with Gasteiger partial charge in [0.05, 0.1) is 0 Å². The maximum absolute atomic E-state index is 12.9. The zero-order valence-electron chi connectivity index (χ0n) is 27.0. The topological polar surface area (TPSA) is 90.3 Å². The maximum atomic E-state index is 12.9. The summed E-state index contributed by atoms with van der Waals surface area (Å²) in [7, 11) is 0. The minimum Gasteiger partial charge on any atom is -0.481 e. The number of aliphatic hydroxyl groups excluding tert-OH is 1. The molecule has 2 N–H and O–H groups in total. The van der Waals surface area contributed by atoms with Gasteiger partial charge in [0.15, 0.2) is 0 Å². The van der Waals surface area contributed by atoms with Crippen molar-refractivity contribution >= 4 is 11.9 Å². The number of carbonyl (C=O) groups excluding carboxylic acids is 1. The van der Waals surface area contributed by atoms with Crippen LogP contribution < -0.4 is 0 Å². The number of aliphatic carboxylic acids is 1.